The predicted molar refractivity (Wildman–Crippen MR) is 142 cm³/mol. The van der Waals surface area contributed by atoms with Gasteiger partial charge in [0.1, 0.15) is 18.0 Å². The first-order chi connectivity index (χ1) is 17.3. The summed E-state index contributed by atoms with van der Waals surface area (Å²) >= 11 is 1.67. The molecular weight excluding hydrogens is 496 g/mol. The molecule has 0 aromatic carbocycles. The highest BCUT2D eigenvalue weighted by Gasteiger charge is 2.43. The van der Waals surface area contributed by atoms with E-state index in [0.717, 1.165) is 16.4 Å². The summed E-state index contributed by atoms with van der Waals surface area (Å²) in [6.07, 6.45) is 0.0404. The van der Waals surface area contributed by atoms with Gasteiger partial charge < -0.3 is 25.0 Å². The fourth-order valence-electron chi connectivity index (χ4n) is 5.37. The number of nitrogens with zero attached hydrogens (tertiary/aromatic N) is 1. The van der Waals surface area contributed by atoms with Gasteiger partial charge in [0.2, 0.25) is 0 Å². The second-order valence-electron chi connectivity index (χ2n) is 11.3. The number of Topliss-reactive ketones (excluding diaryl/α,β-unsaturated/α-hetero) is 1. The van der Waals surface area contributed by atoms with Crippen molar-refractivity contribution in [2.75, 3.05) is 5.75 Å². The molecule has 3 heterocycles. The maximum atomic E-state index is 13.3. The van der Waals surface area contributed by atoms with Gasteiger partial charge in [-0.25, -0.2) is 4.79 Å². The average molecular weight is 539 g/mol. The number of aliphatic hydroxyl groups excluding tert-OH is 2. The molecule has 0 aliphatic carbocycles. The lowest BCUT2D eigenvalue weighted by Gasteiger charge is -2.34. The molecule has 0 aromatic rings. The van der Waals surface area contributed by atoms with Crippen LogP contribution in [0.5, 0.6) is 0 Å². The van der Waals surface area contributed by atoms with E-state index in [1.807, 2.05) is 26.8 Å². The molecule has 8 atom stereocenters. The van der Waals surface area contributed by atoms with Crippen LogP contribution in [0.25, 0.3) is 0 Å². The molecule has 0 saturated carbocycles. The van der Waals surface area contributed by atoms with E-state index in [9.17, 15) is 24.6 Å². The lowest BCUT2D eigenvalue weighted by Crippen LogP contribution is -2.46. The molecular formula is C27H42N2O7S. The molecule has 37 heavy (non-hydrogen) atoms. The molecule has 0 spiro atoms. The number of thioether (sulfide) groups is 1. The van der Waals surface area contributed by atoms with Crippen LogP contribution in [0.3, 0.4) is 0 Å². The van der Waals surface area contributed by atoms with Gasteiger partial charge in [-0.15, -0.1) is 11.8 Å². The van der Waals surface area contributed by atoms with Crippen LogP contribution in [0, 0.1) is 17.3 Å². The van der Waals surface area contributed by atoms with Gasteiger partial charge in [-0.1, -0.05) is 40.2 Å². The SMILES string of the molecule is CC1=NC(/C=C(\C)C2CC3OC(=O)NC3CCCC(C)C(O)C(C)C(=O)C(C)(C)C(O)CC(=O)O2)CS1. The molecule has 9 nitrogen and oxygen atoms in total. The van der Waals surface area contributed by atoms with E-state index in [1.54, 1.807) is 32.5 Å². The lowest BCUT2D eigenvalue weighted by molar-refractivity contribution is -0.155. The number of aliphatic hydroxyl groups is 2. The summed E-state index contributed by atoms with van der Waals surface area (Å²) in [7, 11) is 0. The van der Waals surface area contributed by atoms with Crippen molar-refractivity contribution in [2.24, 2.45) is 22.2 Å². The highest BCUT2D eigenvalue weighted by Crippen LogP contribution is 2.33. The second kappa shape index (κ2) is 12.3. The third kappa shape index (κ3) is 7.35. The molecule has 3 rings (SSSR count). The number of cyclic esters (lactones) is 1. The van der Waals surface area contributed by atoms with E-state index in [0.29, 0.717) is 19.3 Å². The van der Waals surface area contributed by atoms with Crippen molar-refractivity contribution in [1.29, 1.82) is 0 Å². The van der Waals surface area contributed by atoms with Gasteiger partial charge >= 0.3 is 12.1 Å². The maximum absolute atomic E-state index is 13.3. The smallest absolute Gasteiger partial charge is 0.407 e. The number of hydrogen-bond donors (Lipinski definition) is 3. The number of rotatable bonds is 2. The fraction of sp³-hybridized carbons (Fsp3) is 0.778. The van der Waals surface area contributed by atoms with Gasteiger partial charge in [0, 0.05) is 18.1 Å². The van der Waals surface area contributed by atoms with Crippen molar-refractivity contribution in [3.05, 3.63) is 11.6 Å². The van der Waals surface area contributed by atoms with Crippen LogP contribution >= 0.6 is 11.8 Å². The summed E-state index contributed by atoms with van der Waals surface area (Å²) < 4.78 is 11.4. The molecule has 3 N–H and O–H groups in total. The summed E-state index contributed by atoms with van der Waals surface area (Å²) in [6.45, 7) is 10.6. The standard InChI is InChI=1S/C27H42N2O7S/c1-14-8-7-9-19-21(36-26(34)29-19)11-20(15(2)10-18-13-37-17(4)28-18)35-23(31)12-22(30)27(5,6)25(33)16(3)24(14)32/h10,14,16,18-22,24,30,32H,7-9,11-13H2,1-6H3,(H,29,34)/b15-10+. The Kier molecular flexibility index (Phi) is 9.85. The van der Waals surface area contributed by atoms with Gasteiger partial charge in [0.25, 0.3) is 0 Å². The number of amides is 1. The van der Waals surface area contributed by atoms with Crippen molar-refractivity contribution < 1.29 is 34.1 Å². The first-order valence-corrected chi connectivity index (χ1v) is 14.2. The van der Waals surface area contributed by atoms with Crippen LogP contribution in [0.4, 0.5) is 4.79 Å². The molecule has 8 unspecified atom stereocenters. The van der Waals surface area contributed by atoms with E-state index in [1.165, 1.54) is 0 Å². The molecule has 208 valence electrons. The zero-order valence-corrected chi connectivity index (χ0v) is 23.5. The number of aliphatic imine (C=N–C) groups is 1. The van der Waals surface area contributed by atoms with Crippen molar-refractivity contribution in [3.63, 3.8) is 0 Å². The van der Waals surface area contributed by atoms with E-state index in [4.69, 9.17) is 9.47 Å². The summed E-state index contributed by atoms with van der Waals surface area (Å²) in [4.78, 5) is 43.0. The number of nitrogens with one attached hydrogen (secondary N) is 1. The van der Waals surface area contributed by atoms with E-state index < -0.39 is 47.8 Å². The third-order valence-electron chi connectivity index (χ3n) is 8.02. The number of carbonyl (C=O) groups excluding carboxylic acids is 3. The van der Waals surface area contributed by atoms with Crippen LogP contribution in [0.2, 0.25) is 0 Å². The normalized spacial score (nSPS) is 38.3. The number of fused-ring (bicyclic) bond motifs is 1. The molecule has 3 aliphatic rings. The number of ether oxygens (including phenoxy) is 2. The number of hydrogen-bond acceptors (Lipinski definition) is 9. The quantitative estimate of drug-likeness (QED) is 0.360. The minimum Gasteiger partial charge on any atom is -0.458 e. The van der Waals surface area contributed by atoms with E-state index in [-0.39, 0.29) is 36.6 Å². The van der Waals surface area contributed by atoms with Crippen molar-refractivity contribution in [1.82, 2.24) is 5.32 Å². The third-order valence-corrected chi connectivity index (χ3v) is 9.05. The Hall–Kier alpha value is -1.91. The highest BCUT2D eigenvalue weighted by atomic mass is 32.2. The van der Waals surface area contributed by atoms with Crippen molar-refractivity contribution in [3.8, 4) is 0 Å². The van der Waals surface area contributed by atoms with Crippen molar-refractivity contribution >= 4 is 34.7 Å². The van der Waals surface area contributed by atoms with Gasteiger partial charge in [0.15, 0.2) is 0 Å². The summed E-state index contributed by atoms with van der Waals surface area (Å²) in [5.74, 6) is -1.00. The molecule has 10 heteroatoms. The van der Waals surface area contributed by atoms with Gasteiger partial charge in [0.05, 0.1) is 41.2 Å². The van der Waals surface area contributed by atoms with Crippen molar-refractivity contribution in [2.45, 2.75) is 110 Å². The van der Waals surface area contributed by atoms with Crippen LogP contribution in [-0.4, -0.2) is 75.4 Å². The second-order valence-corrected chi connectivity index (χ2v) is 12.6. The maximum Gasteiger partial charge on any atom is 0.407 e. The Morgan fingerprint density at radius 3 is 2.51 bits per heavy atom. The van der Waals surface area contributed by atoms with E-state index in [2.05, 4.69) is 10.3 Å². The van der Waals surface area contributed by atoms with Crippen LogP contribution in [0.15, 0.2) is 16.6 Å². The molecule has 0 bridgehead atoms. The Bertz CT molecular complexity index is 934. The van der Waals surface area contributed by atoms with Gasteiger partial charge in [-0.2, -0.15) is 0 Å². The topological polar surface area (TPSA) is 135 Å². The Morgan fingerprint density at radius 1 is 1.16 bits per heavy atom. The zero-order valence-electron chi connectivity index (χ0n) is 22.7. The molecule has 2 fully saturated rings. The minimum atomic E-state index is -1.28. The Balaban J connectivity index is 1.89. The van der Waals surface area contributed by atoms with Crippen LogP contribution in [0.1, 0.15) is 73.6 Å². The largest absolute Gasteiger partial charge is 0.458 e. The summed E-state index contributed by atoms with van der Waals surface area (Å²) in [5, 5.41) is 25.6. The van der Waals surface area contributed by atoms with Crippen LogP contribution < -0.4 is 5.32 Å². The minimum absolute atomic E-state index is 0.0272. The van der Waals surface area contributed by atoms with Gasteiger partial charge in [-0.3, -0.25) is 14.6 Å². The summed E-state index contributed by atoms with van der Waals surface area (Å²) in [5.41, 5.74) is -0.449. The number of carbonyl (C=O) groups is 3. The molecule has 0 aromatic heterocycles. The first kappa shape index (κ1) is 29.6. The predicted octanol–water partition coefficient (Wildman–Crippen LogP) is 3.41. The monoisotopic (exact) mass is 538 g/mol. The molecule has 0 radical (unpaired) electrons. The van der Waals surface area contributed by atoms with Gasteiger partial charge in [-0.05, 0) is 38.2 Å². The highest BCUT2D eigenvalue weighted by molar-refractivity contribution is 8.14. The number of ketones is 1. The lowest BCUT2D eigenvalue weighted by atomic mass is 9.73. The molecule has 1 amide bonds. The number of alkyl carbamates (subject to hydrolysis) is 1. The zero-order chi connectivity index (χ0) is 27.5. The number of esters is 1. The first-order valence-electron chi connectivity index (χ1n) is 13.2. The van der Waals surface area contributed by atoms with Crippen LogP contribution in [-0.2, 0) is 19.1 Å². The summed E-state index contributed by atoms with van der Waals surface area (Å²) in [6, 6.07) is -0.287. The Morgan fingerprint density at radius 2 is 1.86 bits per heavy atom. The average Bonchev–Trinajstić information content (AvgIpc) is 3.40. The Labute approximate surface area is 223 Å². The molecule has 2 saturated heterocycles. The van der Waals surface area contributed by atoms with E-state index >= 15 is 0 Å². The molecule has 3 aliphatic heterocycles. The fourth-order valence-corrected chi connectivity index (χ4v) is 6.16.